The van der Waals surface area contributed by atoms with Crippen LogP contribution in [0.5, 0.6) is 0 Å². The lowest BCUT2D eigenvalue weighted by Gasteiger charge is -2.31. The molecule has 1 fully saturated rings. The van der Waals surface area contributed by atoms with E-state index in [2.05, 4.69) is 6.92 Å². The monoisotopic (exact) mass is 129 g/mol. The summed E-state index contributed by atoms with van der Waals surface area (Å²) in [6.07, 6.45) is 1.04. The standard InChI is InChI=1S/C6H15N3/c1-5-4-9(8)3-2-6(5)7/h5-6H,2-4,7-8H2,1H3. The zero-order valence-electron chi connectivity index (χ0n) is 5.88. The lowest BCUT2D eigenvalue weighted by molar-refractivity contribution is 0.167. The van der Waals surface area contributed by atoms with Crippen LogP contribution in [0.1, 0.15) is 13.3 Å². The molecule has 0 aromatic heterocycles. The summed E-state index contributed by atoms with van der Waals surface area (Å²) in [5.41, 5.74) is 5.76. The molecule has 1 aliphatic heterocycles. The van der Waals surface area contributed by atoms with Gasteiger partial charge in [-0.05, 0) is 12.3 Å². The van der Waals surface area contributed by atoms with E-state index in [0.717, 1.165) is 19.5 Å². The summed E-state index contributed by atoms with van der Waals surface area (Å²) < 4.78 is 0. The summed E-state index contributed by atoms with van der Waals surface area (Å²) in [7, 11) is 0. The Kier molecular flexibility index (Phi) is 2.05. The first-order chi connectivity index (χ1) is 4.20. The minimum absolute atomic E-state index is 0.366. The Morgan fingerprint density at radius 2 is 2.22 bits per heavy atom. The number of nitrogens with two attached hydrogens (primary N) is 2. The van der Waals surface area contributed by atoms with Crippen molar-refractivity contribution in [1.82, 2.24) is 5.01 Å². The van der Waals surface area contributed by atoms with Gasteiger partial charge in [0.25, 0.3) is 0 Å². The van der Waals surface area contributed by atoms with E-state index in [1.54, 1.807) is 0 Å². The molecule has 54 valence electrons. The van der Waals surface area contributed by atoms with E-state index >= 15 is 0 Å². The van der Waals surface area contributed by atoms with E-state index in [-0.39, 0.29) is 0 Å². The van der Waals surface area contributed by atoms with Crippen molar-refractivity contribution in [3.63, 3.8) is 0 Å². The molecule has 3 heteroatoms. The summed E-state index contributed by atoms with van der Waals surface area (Å²) in [6.45, 7) is 4.04. The zero-order chi connectivity index (χ0) is 6.85. The van der Waals surface area contributed by atoms with Gasteiger partial charge in [0.1, 0.15) is 0 Å². The van der Waals surface area contributed by atoms with Crippen LogP contribution in [-0.2, 0) is 0 Å². The van der Waals surface area contributed by atoms with Gasteiger partial charge in [0.2, 0.25) is 0 Å². The SMILES string of the molecule is CC1CN(N)CCC1N. The molecule has 0 bridgehead atoms. The second kappa shape index (κ2) is 2.64. The lowest BCUT2D eigenvalue weighted by Crippen LogP contribution is -2.48. The Balaban J connectivity index is 2.35. The quantitative estimate of drug-likeness (QED) is 0.435. The Bertz CT molecular complexity index is 94.3. The average molecular weight is 129 g/mol. The van der Waals surface area contributed by atoms with Crippen LogP contribution < -0.4 is 11.6 Å². The Labute approximate surface area is 56.0 Å². The van der Waals surface area contributed by atoms with E-state index in [1.165, 1.54) is 0 Å². The van der Waals surface area contributed by atoms with Gasteiger partial charge in [0.15, 0.2) is 0 Å². The molecule has 4 N–H and O–H groups in total. The van der Waals surface area contributed by atoms with Crippen molar-refractivity contribution in [2.75, 3.05) is 13.1 Å². The zero-order valence-corrected chi connectivity index (χ0v) is 5.88. The van der Waals surface area contributed by atoms with Crippen molar-refractivity contribution in [3.8, 4) is 0 Å². The van der Waals surface area contributed by atoms with Crippen molar-refractivity contribution >= 4 is 0 Å². The van der Waals surface area contributed by atoms with Crippen molar-refractivity contribution in [2.24, 2.45) is 17.5 Å². The van der Waals surface area contributed by atoms with Gasteiger partial charge in [-0.3, -0.25) is 5.84 Å². The molecule has 1 saturated heterocycles. The normalized spacial score (nSPS) is 39.0. The van der Waals surface area contributed by atoms with Gasteiger partial charge in [-0.1, -0.05) is 6.92 Å². The van der Waals surface area contributed by atoms with Crippen LogP contribution in [0, 0.1) is 5.92 Å². The summed E-state index contributed by atoms with van der Waals surface area (Å²) in [4.78, 5) is 0. The van der Waals surface area contributed by atoms with E-state index in [9.17, 15) is 0 Å². The molecule has 0 saturated carbocycles. The molecule has 0 spiro atoms. The van der Waals surface area contributed by atoms with Crippen LogP contribution in [0.4, 0.5) is 0 Å². The molecule has 1 aliphatic rings. The fourth-order valence-corrected chi connectivity index (χ4v) is 1.20. The molecule has 1 heterocycles. The third-order valence-corrected chi connectivity index (χ3v) is 2.00. The minimum Gasteiger partial charge on any atom is -0.327 e. The predicted molar refractivity (Wildman–Crippen MR) is 37.5 cm³/mol. The number of hydrogen-bond acceptors (Lipinski definition) is 3. The smallest absolute Gasteiger partial charge is 0.0169 e. The van der Waals surface area contributed by atoms with Gasteiger partial charge in [0, 0.05) is 19.1 Å². The Hall–Kier alpha value is -0.120. The molecule has 0 amide bonds. The molecule has 2 unspecified atom stereocenters. The van der Waals surface area contributed by atoms with Crippen LogP contribution in [0.3, 0.4) is 0 Å². The molecule has 2 atom stereocenters. The fourth-order valence-electron chi connectivity index (χ4n) is 1.20. The number of rotatable bonds is 0. The maximum atomic E-state index is 5.76. The Morgan fingerprint density at radius 1 is 1.56 bits per heavy atom. The van der Waals surface area contributed by atoms with Gasteiger partial charge in [-0.2, -0.15) is 0 Å². The van der Waals surface area contributed by atoms with Gasteiger partial charge in [-0.25, -0.2) is 5.01 Å². The van der Waals surface area contributed by atoms with Crippen LogP contribution in [0.25, 0.3) is 0 Å². The maximum Gasteiger partial charge on any atom is 0.0169 e. The number of hydrogen-bond donors (Lipinski definition) is 2. The highest BCUT2D eigenvalue weighted by Crippen LogP contribution is 2.11. The van der Waals surface area contributed by atoms with Crippen LogP contribution in [-0.4, -0.2) is 24.1 Å². The second-order valence-corrected chi connectivity index (χ2v) is 2.92. The highest BCUT2D eigenvalue weighted by molar-refractivity contribution is 4.77. The van der Waals surface area contributed by atoms with E-state index in [4.69, 9.17) is 11.6 Å². The van der Waals surface area contributed by atoms with Gasteiger partial charge >= 0.3 is 0 Å². The second-order valence-electron chi connectivity index (χ2n) is 2.92. The van der Waals surface area contributed by atoms with Gasteiger partial charge in [-0.15, -0.1) is 0 Å². The van der Waals surface area contributed by atoms with Gasteiger partial charge < -0.3 is 5.73 Å². The molecule has 0 aromatic rings. The first kappa shape index (κ1) is 6.99. The first-order valence-electron chi connectivity index (χ1n) is 3.45. The molecule has 0 aromatic carbocycles. The third kappa shape index (κ3) is 1.64. The highest BCUT2D eigenvalue weighted by Gasteiger charge is 2.20. The predicted octanol–water partition coefficient (Wildman–Crippen LogP) is -0.471. The lowest BCUT2D eigenvalue weighted by atomic mass is 9.96. The minimum atomic E-state index is 0.366. The highest BCUT2D eigenvalue weighted by atomic mass is 15.4. The van der Waals surface area contributed by atoms with Crippen molar-refractivity contribution in [3.05, 3.63) is 0 Å². The fraction of sp³-hybridized carbons (Fsp3) is 1.00. The topological polar surface area (TPSA) is 55.3 Å². The molecule has 3 nitrogen and oxygen atoms in total. The number of nitrogens with zero attached hydrogens (tertiary/aromatic N) is 1. The van der Waals surface area contributed by atoms with Crippen molar-refractivity contribution in [2.45, 2.75) is 19.4 Å². The van der Waals surface area contributed by atoms with E-state index in [0.29, 0.717) is 12.0 Å². The largest absolute Gasteiger partial charge is 0.327 e. The molecule has 1 rings (SSSR count). The molecule has 0 radical (unpaired) electrons. The summed E-state index contributed by atoms with van der Waals surface area (Å²) in [5.74, 6) is 6.12. The van der Waals surface area contributed by atoms with E-state index in [1.807, 2.05) is 5.01 Å². The first-order valence-corrected chi connectivity index (χ1v) is 3.45. The molecular weight excluding hydrogens is 114 g/mol. The Morgan fingerprint density at radius 3 is 2.67 bits per heavy atom. The third-order valence-electron chi connectivity index (χ3n) is 2.00. The van der Waals surface area contributed by atoms with Crippen LogP contribution >= 0.6 is 0 Å². The summed E-state index contributed by atoms with van der Waals surface area (Å²) in [5, 5.41) is 1.84. The van der Waals surface area contributed by atoms with Crippen LogP contribution in [0.2, 0.25) is 0 Å². The average Bonchev–Trinajstić information content (AvgIpc) is 1.80. The summed E-state index contributed by atoms with van der Waals surface area (Å²) in [6, 6.07) is 0.366. The van der Waals surface area contributed by atoms with Crippen molar-refractivity contribution < 1.29 is 0 Å². The number of hydrazine groups is 1. The molecule has 0 aliphatic carbocycles. The van der Waals surface area contributed by atoms with Crippen molar-refractivity contribution in [1.29, 1.82) is 0 Å². The molecule has 9 heavy (non-hydrogen) atoms. The maximum absolute atomic E-state index is 5.76. The summed E-state index contributed by atoms with van der Waals surface area (Å²) >= 11 is 0. The number of piperidine rings is 1. The molecular formula is C6H15N3. The van der Waals surface area contributed by atoms with E-state index < -0.39 is 0 Å². The van der Waals surface area contributed by atoms with Gasteiger partial charge in [0.05, 0.1) is 0 Å². The van der Waals surface area contributed by atoms with Crippen LogP contribution in [0.15, 0.2) is 0 Å².